The molecule has 2 saturated heterocycles. The Morgan fingerprint density at radius 1 is 1.26 bits per heavy atom. The molecule has 0 unspecified atom stereocenters. The van der Waals surface area contributed by atoms with Crippen molar-refractivity contribution in [2.45, 2.75) is 12.0 Å². The summed E-state index contributed by atoms with van der Waals surface area (Å²) in [7, 11) is 0. The molecule has 23 heavy (non-hydrogen) atoms. The number of nitrogens with zero attached hydrogens (tertiary/aromatic N) is 2. The molecular formula is C13H10F4N2O4. The zero-order valence-corrected chi connectivity index (χ0v) is 11.4. The standard InChI is InChI=1S/C13H10F4N2O4/c14-7-1-6(19-3-9(11(20)21)23-12(19)22)2-8(15)10(7)18-4-13(16,17)5-18/h1-2,9H,3-5H2,(H,20,21)/t9-/m1/s1. The molecule has 3 rings (SSSR count). The second-order valence-electron chi connectivity index (χ2n) is 5.29. The smallest absolute Gasteiger partial charge is 0.415 e. The fourth-order valence-corrected chi connectivity index (χ4v) is 2.48. The van der Waals surface area contributed by atoms with Gasteiger partial charge < -0.3 is 14.7 Å². The number of cyclic esters (lactones) is 1. The number of hydrogen-bond donors (Lipinski definition) is 1. The maximum absolute atomic E-state index is 14.0. The third kappa shape index (κ3) is 2.64. The highest BCUT2D eigenvalue weighted by molar-refractivity contribution is 5.94. The number of carbonyl (C=O) groups excluding carboxylic acids is 1. The Bertz CT molecular complexity index is 666. The summed E-state index contributed by atoms with van der Waals surface area (Å²) in [5, 5.41) is 8.78. The first-order valence-electron chi connectivity index (χ1n) is 6.51. The largest absolute Gasteiger partial charge is 0.478 e. The number of alkyl halides is 2. The molecule has 2 aliphatic rings. The Morgan fingerprint density at radius 2 is 1.83 bits per heavy atom. The molecule has 1 atom stereocenters. The topological polar surface area (TPSA) is 70.1 Å². The van der Waals surface area contributed by atoms with Crippen LogP contribution >= 0.6 is 0 Å². The van der Waals surface area contributed by atoms with E-state index in [1.807, 2.05) is 0 Å². The summed E-state index contributed by atoms with van der Waals surface area (Å²) < 4.78 is 58.3. The van der Waals surface area contributed by atoms with Crippen LogP contribution in [0.25, 0.3) is 0 Å². The predicted octanol–water partition coefficient (Wildman–Crippen LogP) is 1.83. The van der Waals surface area contributed by atoms with Crippen molar-refractivity contribution in [3.63, 3.8) is 0 Å². The van der Waals surface area contributed by atoms with E-state index in [0.29, 0.717) is 0 Å². The number of amides is 1. The third-order valence-corrected chi connectivity index (χ3v) is 3.56. The summed E-state index contributed by atoms with van der Waals surface area (Å²) in [6.07, 6.45) is -2.50. The van der Waals surface area contributed by atoms with E-state index in [2.05, 4.69) is 4.74 Å². The summed E-state index contributed by atoms with van der Waals surface area (Å²) in [5.74, 6) is -6.63. The van der Waals surface area contributed by atoms with E-state index in [0.717, 1.165) is 21.9 Å². The van der Waals surface area contributed by atoms with Crippen molar-refractivity contribution in [2.75, 3.05) is 29.4 Å². The van der Waals surface area contributed by atoms with Crippen LogP contribution in [0.4, 0.5) is 33.7 Å². The number of benzene rings is 1. The molecule has 0 spiro atoms. The summed E-state index contributed by atoms with van der Waals surface area (Å²) >= 11 is 0. The van der Waals surface area contributed by atoms with Gasteiger partial charge in [-0.3, -0.25) is 4.90 Å². The molecule has 0 radical (unpaired) electrons. The average molecular weight is 334 g/mol. The molecule has 0 aromatic heterocycles. The van der Waals surface area contributed by atoms with Crippen molar-refractivity contribution in [3.05, 3.63) is 23.8 Å². The minimum absolute atomic E-state index is 0.246. The van der Waals surface area contributed by atoms with Gasteiger partial charge in [-0.2, -0.15) is 0 Å². The molecule has 6 nitrogen and oxygen atoms in total. The minimum Gasteiger partial charge on any atom is -0.478 e. The normalized spacial score (nSPS) is 22.8. The van der Waals surface area contributed by atoms with E-state index in [9.17, 15) is 27.2 Å². The molecule has 2 fully saturated rings. The number of anilines is 2. The number of hydrogen-bond acceptors (Lipinski definition) is 4. The SMILES string of the molecule is O=C(O)[C@H]1CN(c2cc(F)c(N3CC(F)(F)C3)c(F)c2)C(=O)O1. The van der Waals surface area contributed by atoms with Crippen molar-refractivity contribution in [2.24, 2.45) is 0 Å². The van der Waals surface area contributed by atoms with E-state index in [-0.39, 0.29) is 5.69 Å². The fourth-order valence-electron chi connectivity index (χ4n) is 2.48. The zero-order chi connectivity index (χ0) is 16.9. The lowest BCUT2D eigenvalue weighted by Gasteiger charge is -2.40. The van der Waals surface area contributed by atoms with Crippen LogP contribution in [0.2, 0.25) is 0 Å². The van der Waals surface area contributed by atoms with Gasteiger partial charge in [-0.1, -0.05) is 0 Å². The monoisotopic (exact) mass is 334 g/mol. The third-order valence-electron chi connectivity index (χ3n) is 3.56. The highest BCUT2D eigenvalue weighted by Gasteiger charge is 2.46. The molecule has 0 aliphatic carbocycles. The van der Waals surface area contributed by atoms with Crippen LogP contribution in [-0.2, 0) is 9.53 Å². The zero-order valence-electron chi connectivity index (χ0n) is 11.4. The Morgan fingerprint density at radius 3 is 2.26 bits per heavy atom. The van der Waals surface area contributed by atoms with Crippen LogP contribution in [0.1, 0.15) is 0 Å². The molecule has 1 aromatic carbocycles. The van der Waals surface area contributed by atoms with Gasteiger partial charge in [0.05, 0.1) is 25.3 Å². The average Bonchev–Trinajstić information content (AvgIpc) is 2.78. The minimum atomic E-state index is -3.00. The number of carbonyl (C=O) groups is 2. The lowest BCUT2D eigenvalue weighted by molar-refractivity contribution is -0.144. The van der Waals surface area contributed by atoms with E-state index in [1.165, 1.54) is 0 Å². The molecular weight excluding hydrogens is 324 g/mol. The van der Waals surface area contributed by atoms with Gasteiger partial charge in [0.25, 0.3) is 5.92 Å². The highest BCUT2D eigenvalue weighted by Crippen LogP contribution is 2.37. The summed E-state index contributed by atoms with van der Waals surface area (Å²) in [6, 6.07) is 1.56. The Kier molecular flexibility index (Phi) is 3.34. The van der Waals surface area contributed by atoms with Gasteiger partial charge in [-0.05, 0) is 0 Å². The summed E-state index contributed by atoms with van der Waals surface area (Å²) in [4.78, 5) is 24.0. The van der Waals surface area contributed by atoms with Gasteiger partial charge in [-0.15, -0.1) is 0 Å². The fraction of sp³-hybridized carbons (Fsp3) is 0.385. The highest BCUT2D eigenvalue weighted by atomic mass is 19.3. The van der Waals surface area contributed by atoms with E-state index in [1.54, 1.807) is 0 Å². The molecule has 0 bridgehead atoms. The van der Waals surface area contributed by atoms with E-state index in [4.69, 9.17) is 5.11 Å². The number of carboxylic acid groups (broad SMARTS) is 1. The van der Waals surface area contributed by atoms with Crippen LogP contribution in [0.3, 0.4) is 0 Å². The summed E-state index contributed by atoms with van der Waals surface area (Å²) in [6.45, 7) is -2.01. The lowest BCUT2D eigenvalue weighted by Crippen LogP contribution is -2.57. The number of rotatable bonds is 3. The van der Waals surface area contributed by atoms with Gasteiger partial charge >= 0.3 is 12.1 Å². The van der Waals surface area contributed by atoms with Crippen molar-refractivity contribution < 1.29 is 37.0 Å². The lowest BCUT2D eigenvalue weighted by atomic mass is 10.1. The molecule has 2 aliphatic heterocycles. The van der Waals surface area contributed by atoms with Crippen LogP contribution in [0.15, 0.2) is 12.1 Å². The molecule has 2 heterocycles. The first kappa shape index (κ1) is 15.4. The van der Waals surface area contributed by atoms with Gasteiger partial charge in [0.1, 0.15) is 5.69 Å². The molecule has 1 N–H and O–H groups in total. The number of carboxylic acids is 1. The Hall–Kier alpha value is -2.52. The Balaban J connectivity index is 1.86. The van der Waals surface area contributed by atoms with Crippen LogP contribution < -0.4 is 9.80 Å². The van der Waals surface area contributed by atoms with E-state index < -0.39 is 61.0 Å². The molecule has 1 aromatic rings. The van der Waals surface area contributed by atoms with Crippen molar-refractivity contribution in [1.82, 2.24) is 0 Å². The summed E-state index contributed by atoms with van der Waals surface area (Å²) in [5.41, 5.74) is -0.855. The van der Waals surface area contributed by atoms with Crippen LogP contribution in [0.5, 0.6) is 0 Å². The number of halogens is 4. The first-order valence-corrected chi connectivity index (χ1v) is 6.51. The van der Waals surface area contributed by atoms with Crippen molar-refractivity contribution >= 4 is 23.4 Å². The van der Waals surface area contributed by atoms with Gasteiger partial charge in [-0.25, -0.2) is 27.2 Å². The molecule has 0 saturated carbocycles. The predicted molar refractivity (Wildman–Crippen MR) is 68.8 cm³/mol. The second-order valence-corrected chi connectivity index (χ2v) is 5.29. The second kappa shape index (κ2) is 5.00. The maximum atomic E-state index is 14.0. The van der Waals surface area contributed by atoms with E-state index >= 15 is 0 Å². The van der Waals surface area contributed by atoms with Crippen LogP contribution in [0, 0.1) is 11.6 Å². The first-order chi connectivity index (χ1) is 10.7. The van der Waals surface area contributed by atoms with Crippen molar-refractivity contribution in [1.29, 1.82) is 0 Å². The number of aliphatic carboxylic acids is 1. The van der Waals surface area contributed by atoms with Crippen molar-refractivity contribution in [3.8, 4) is 0 Å². The quantitative estimate of drug-likeness (QED) is 0.854. The Labute approximate surface area is 126 Å². The van der Waals surface area contributed by atoms with Crippen LogP contribution in [-0.4, -0.2) is 48.8 Å². The maximum Gasteiger partial charge on any atom is 0.415 e. The molecule has 1 amide bonds. The number of ether oxygens (including phenoxy) is 1. The van der Waals surface area contributed by atoms with Gasteiger partial charge in [0.2, 0.25) is 6.10 Å². The van der Waals surface area contributed by atoms with Gasteiger partial charge in [0, 0.05) is 12.1 Å². The van der Waals surface area contributed by atoms with Gasteiger partial charge in [0.15, 0.2) is 11.6 Å². The molecule has 10 heteroatoms. The molecule has 124 valence electrons.